The highest BCUT2D eigenvalue weighted by Crippen LogP contribution is 2.42. The molecule has 2 rings (SSSR count). The van der Waals surface area contributed by atoms with E-state index in [0.717, 1.165) is 16.3 Å². The molecule has 0 radical (unpaired) electrons. The van der Waals surface area contributed by atoms with Crippen molar-refractivity contribution in [2.45, 2.75) is 19.0 Å². The molecule has 2 aromatic rings. The van der Waals surface area contributed by atoms with Gasteiger partial charge in [0.15, 0.2) is 0 Å². The van der Waals surface area contributed by atoms with E-state index < -0.39 is 13.3 Å². The highest BCUT2D eigenvalue weighted by Gasteiger charge is 2.23. The van der Waals surface area contributed by atoms with E-state index in [1.807, 2.05) is 42.5 Å². The molecule has 0 aliphatic rings. The lowest BCUT2D eigenvalue weighted by atomic mass is 10.0. The lowest BCUT2D eigenvalue weighted by molar-refractivity contribution is 0.360. The van der Waals surface area contributed by atoms with Crippen LogP contribution in [0.15, 0.2) is 42.5 Å². The Morgan fingerprint density at radius 2 is 1.76 bits per heavy atom. The van der Waals surface area contributed by atoms with Crippen LogP contribution in [0.1, 0.15) is 12.5 Å². The van der Waals surface area contributed by atoms with E-state index in [2.05, 4.69) is 0 Å². The van der Waals surface area contributed by atoms with Gasteiger partial charge in [-0.15, -0.1) is 0 Å². The van der Waals surface area contributed by atoms with Gasteiger partial charge in [0.25, 0.3) is 0 Å². The summed E-state index contributed by atoms with van der Waals surface area (Å²) >= 11 is 0. The number of hydrogen-bond donors (Lipinski definition) is 2. The first-order valence-corrected chi connectivity index (χ1v) is 7.18. The second-order valence-corrected chi connectivity index (χ2v) is 6.38. The van der Waals surface area contributed by atoms with Gasteiger partial charge in [0, 0.05) is 0 Å². The summed E-state index contributed by atoms with van der Waals surface area (Å²) in [6, 6.07) is 13.8. The highest BCUT2D eigenvalue weighted by molar-refractivity contribution is 7.52. The fourth-order valence-corrected chi connectivity index (χ4v) is 2.27. The van der Waals surface area contributed by atoms with Crippen molar-refractivity contribution in [3.8, 4) is 0 Å². The standard InChI is InChI=1S/C13H15O3P/c1-10(17(14,15)16)8-11-6-7-12-4-2-3-5-13(12)9-11/h2-7,9-10H,8H2,1H3,(H2,14,15,16). The molecule has 0 saturated carbocycles. The molecule has 2 aromatic carbocycles. The van der Waals surface area contributed by atoms with E-state index in [9.17, 15) is 4.57 Å². The Hall–Kier alpha value is -1.15. The molecular formula is C13H15O3P. The monoisotopic (exact) mass is 250 g/mol. The van der Waals surface area contributed by atoms with Crippen molar-refractivity contribution in [3.05, 3.63) is 48.0 Å². The summed E-state index contributed by atoms with van der Waals surface area (Å²) in [5, 5.41) is 2.24. The summed E-state index contributed by atoms with van der Waals surface area (Å²) in [7, 11) is -3.98. The molecular weight excluding hydrogens is 235 g/mol. The molecule has 1 atom stereocenters. The molecule has 0 bridgehead atoms. The zero-order valence-electron chi connectivity index (χ0n) is 9.58. The van der Waals surface area contributed by atoms with Crippen LogP contribution in [0, 0.1) is 0 Å². The third-order valence-corrected chi connectivity index (χ3v) is 4.25. The average Bonchev–Trinajstić information content (AvgIpc) is 2.27. The number of benzene rings is 2. The molecule has 0 fully saturated rings. The highest BCUT2D eigenvalue weighted by atomic mass is 31.2. The lowest BCUT2D eigenvalue weighted by Crippen LogP contribution is -2.06. The van der Waals surface area contributed by atoms with Crippen molar-refractivity contribution in [2.75, 3.05) is 0 Å². The van der Waals surface area contributed by atoms with Crippen LogP contribution in [0.2, 0.25) is 0 Å². The van der Waals surface area contributed by atoms with E-state index >= 15 is 0 Å². The van der Waals surface area contributed by atoms with Crippen LogP contribution in [0.3, 0.4) is 0 Å². The molecule has 0 saturated heterocycles. The van der Waals surface area contributed by atoms with Crippen LogP contribution < -0.4 is 0 Å². The van der Waals surface area contributed by atoms with Crippen molar-refractivity contribution in [1.82, 2.24) is 0 Å². The van der Waals surface area contributed by atoms with Gasteiger partial charge < -0.3 is 9.79 Å². The molecule has 0 spiro atoms. The van der Waals surface area contributed by atoms with Crippen molar-refractivity contribution < 1.29 is 14.4 Å². The Balaban J connectivity index is 2.28. The third-order valence-electron chi connectivity index (χ3n) is 2.92. The first kappa shape index (κ1) is 12.3. The van der Waals surface area contributed by atoms with Gasteiger partial charge in [0.05, 0.1) is 5.66 Å². The Labute approximate surface area is 100 Å². The summed E-state index contributed by atoms with van der Waals surface area (Å²) in [6.45, 7) is 1.58. The minimum atomic E-state index is -3.98. The summed E-state index contributed by atoms with van der Waals surface area (Å²) in [5.74, 6) is 0. The normalized spacial score (nSPS) is 13.8. The fraction of sp³-hybridized carbons (Fsp3) is 0.231. The van der Waals surface area contributed by atoms with Gasteiger partial charge in [0.1, 0.15) is 0 Å². The SMILES string of the molecule is CC(Cc1ccc2ccccc2c1)P(=O)(O)O. The maximum atomic E-state index is 11.1. The largest absolute Gasteiger partial charge is 0.328 e. The first-order valence-electron chi connectivity index (χ1n) is 5.50. The summed E-state index contributed by atoms with van der Waals surface area (Å²) in [6.07, 6.45) is 0.398. The van der Waals surface area contributed by atoms with Gasteiger partial charge in [0.2, 0.25) is 0 Å². The van der Waals surface area contributed by atoms with Crippen LogP contribution in [0.25, 0.3) is 10.8 Å². The Morgan fingerprint density at radius 3 is 2.41 bits per heavy atom. The van der Waals surface area contributed by atoms with E-state index in [1.54, 1.807) is 6.92 Å². The van der Waals surface area contributed by atoms with Crippen molar-refractivity contribution in [3.63, 3.8) is 0 Å². The van der Waals surface area contributed by atoms with E-state index in [4.69, 9.17) is 9.79 Å². The van der Waals surface area contributed by atoms with Crippen LogP contribution >= 0.6 is 7.60 Å². The molecule has 1 unspecified atom stereocenters. The molecule has 0 amide bonds. The predicted molar refractivity (Wildman–Crippen MR) is 69.2 cm³/mol. The molecule has 2 N–H and O–H groups in total. The zero-order chi connectivity index (χ0) is 12.5. The van der Waals surface area contributed by atoms with Crippen molar-refractivity contribution in [1.29, 1.82) is 0 Å². The number of fused-ring (bicyclic) bond motifs is 1. The molecule has 3 nitrogen and oxygen atoms in total. The number of hydrogen-bond acceptors (Lipinski definition) is 1. The second kappa shape index (κ2) is 4.61. The van der Waals surface area contributed by atoms with Gasteiger partial charge in [-0.3, -0.25) is 4.57 Å². The molecule has 90 valence electrons. The molecule has 0 aliphatic heterocycles. The van der Waals surface area contributed by atoms with E-state index in [-0.39, 0.29) is 0 Å². The van der Waals surface area contributed by atoms with Gasteiger partial charge in [-0.1, -0.05) is 49.4 Å². The summed E-state index contributed by atoms with van der Waals surface area (Å²) < 4.78 is 11.1. The minimum absolute atomic E-state index is 0.398. The maximum absolute atomic E-state index is 11.1. The van der Waals surface area contributed by atoms with Gasteiger partial charge in [-0.25, -0.2) is 0 Å². The first-order chi connectivity index (χ1) is 7.97. The molecule has 0 aromatic heterocycles. The van der Waals surface area contributed by atoms with Crippen LogP contribution in [-0.2, 0) is 11.0 Å². The van der Waals surface area contributed by atoms with E-state index in [0.29, 0.717) is 6.42 Å². The Morgan fingerprint density at radius 1 is 1.12 bits per heavy atom. The second-order valence-electron chi connectivity index (χ2n) is 4.32. The van der Waals surface area contributed by atoms with Gasteiger partial charge in [-0.05, 0) is 22.8 Å². The number of rotatable bonds is 3. The molecule has 0 aliphatic carbocycles. The maximum Gasteiger partial charge on any atom is 0.328 e. The minimum Gasteiger partial charge on any atom is -0.324 e. The Bertz CT molecular complexity index is 574. The summed E-state index contributed by atoms with van der Waals surface area (Å²) in [4.78, 5) is 18.1. The van der Waals surface area contributed by atoms with Crippen LogP contribution in [0.4, 0.5) is 0 Å². The van der Waals surface area contributed by atoms with Gasteiger partial charge in [-0.2, -0.15) is 0 Å². The van der Waals surface area contributed by atoms with Crippen LogP contribution in [0.5, 0.6) is 0 Å². The predicted octanol–water partition coefficient (Wildman–Crippen LogP) is 2.95. The molecule has 0 heterocycles. The Kier molecular flexibility index (Phi) is 3.34. The molecule has 4 heteroatoms. The average molecular weight is 250 g/mol. The fourth-order valence-electron chi connectivity index (χ4n) is 1.83. The van der Waals surface area contributed by atoms with Crippen LogP contribution in [-0.4, -0.2) is 15.4 Å². The smallest absolute Gasteiger partial charge is 0.324 e. The zero-order valence-corrected chi connectivity index (χ0v) is 10.5. The van der Waals surface area contributed by atoms with Crippen molar-refractivity contribution in [2.24, 2.45) is 0 Å². The quantitative estimate of drug-likeness (QED) is 0.823. The third kappa shape index (κ3) is 2.95. The van der Waals surface area contributed by atoms with Gasteiger partial charge >= 0.3 is 7.60 Å². The lowest BCUT2D eigenvalue weighted by Gasteiger charge is -2.13. The topological polar surface area (TPSA) is 57.5 Å². The molecule has 17 heavy (non-hydrogen) atoms. The summed E-state index contributed by atoms with van der Waals surface area (Å²) in [5.41, 5.74) is 0.322. The van der Waals surface area contributed by atoms with E-state index in [1.165, 1.54) is 0 Å². The van der Waals surface area contributed by atoms with Crippen molar-refractivity contribution >= 4 is 18.4 Å².